The van der Waals surface area contributed by atoms with E-state index in [0.717, 1.165) is 16.7 Å². The van der Waals surface area contributed by atoms with Gasteiger partial charge in [0.1, 0.15) is 10.4 Å². The van der Waals surface area contributed by atoms with Crippen LogP contribution in [-0.4, -0.2) is 57.5 Å². The zero-order chi connectivity index (χ0) is 19.4. The monoisotopic (exact) mass is 397 g/mol. The largest absolute Gasteiger partial charge is 0.493 e. The Morgan fingerprint density at radius 3 is 2.46 bits per heavy atom. The van der Waals surface area contributed by atoms with Crippen molar-refractivity contribution in [2.75, 3.05) is 14.2 Å². The lowest BCUT2D eigenvalue weighted by molar-refractivity contribution is -0.150. The number of carboxylic acids is 2. The Labute approximate surface area is 158 Å². The van der Waals surface area contributed by atoms with Crippen LogP contribution in [-0.2, 0) is 14.4 Å². The molecule has 10 heteroatoms. The smallest absolute Gasteiger partial charge is 0.327 e. The molecule has 1 aromatic carbocycles. The van der Waals surface area contributed by atoms with Gasteiger partial charge in [0.2, 0.25) is 0 Å². The van der Waals surface area contributed by atoms with Crippen molar-refractivity contribution in [1.82, 2.24) is 4.90 Å². The van der Waals surface area contributed by atoms with Crippen molar-refractivity contribution in [3.63, 3.8) is 0 Å². The number of methoxy groups -OCH3 is 2. The lowest BCUT2D eigenvalue weighted by atomic mass is 10.1. The summed E-state index contributed by atoms with van der Waals surface area (Å²) in [4.78, 5) is 35.8. The summed E-state index contributed by atoms with van der Waals surface area (Å²) in [6.07, 6.45) is 0.784. The zero-order valence-electron chi connectivity index (χ0n) is 13.8. The predicted octanol–water partition coefficient (Wildman–Crippen LogP) is 1.83. The first-order chi connectivity index (χ1) is 12.3. The van der Waals surface area contributed by atoms with Gasteiger partial charge in [-0.05, 0) is 23.8 Å². The fraction of sp³-hybridized carbons (Fsp3) is 0.250. The molecule has 1 amide bonds. The molecule has 1 fully saturated rings. The van der Waals surface area contributed by atoms with Crippen LogP contribution < -0.4 is 9.47 Å². The molecule has 0 spiro atoms. The average Bonchev–Trinajstić information content (AvgIpc) is 2.86. The Balaban J connectivity index is 2.34. The van der Waals surface area contributed by atoms with Crippen molar-refractivity contribution in [1.29, 1.82) is 0 Å². The molecule has 1 atom stereocenters. The second-order valence-electron chi connectivity index (χ2n) is 5.12. The summed E-state index contributed by atoms with van der Waals surface area (Å²) in [5, 5.41) is 18.1. The van der Waals surface area contributed by atoms with E-state index in [1.54, 1.807) is 18.2 Å². The minimum Gasteiger partial charge on any atom is -0.493 e. The number of carbonyl (C=O) groups excluding carboxylic acids is 1. The summed E-state index contributed by atoms with van der Waals surface area (Å²) in [6.45, 7) is 0. The van der Waals surface area contributed by atoms with E-state index in [1.165, 1.54) is 20.3 Å². The lowest BCUT2D eigenvalue weighted by Gasteiger charge is -2.21. The fourth-order valence-electron chi connectivity index (χ4n) is 2.30. The summed E-state index contributed by atoms with van der Waals surface area (Å²) in [5.41, 5.74) is 0.619. The van der Waals surface area contributed by atoms with Crippen molar-refractivity contribution in [3.05, 3.63) is 28.7 Å². The maximum Gasteiger partial charge on any atom is 0.327 e. The van der Waals surface area contributed by atoms with Crippen molar-refractivity contribution in [3.8, 4) is 11.5 Å². The Morgan fingerprint density at radius 1 is 1.27 bits per heavy atom. The molecule has 0 aromatic heterocycles. The highest BCUT2D eigenvalue weighted by molar-refractivity contribution is 8.26. The third kappa shape index (κ3) is 4.14. The molecule has 2 rings (SSSR count). The van der Waals surface area contributed by atoms with E-state index in [9.17, 15) is 19.5 Å². The minimum atomic E-state index is -1.56. The number of carboxylic acid groups (broad SMARTS) is 2. The van der Waals surface area contributed by atoms with Gasteiger partial charge in [-0.15, -0.1) is 0 Å². The number of hydrogen-bond acceptors (Lipinski definition) is 7. The molecule has 1 saturated heterocycles. The first-order valence-electron chi connectivity index (χ1n) is 7.22. The second-order valence-corrected chi connectivity index (χ2v) is 6.79. The maximum atomic E-state index is 12.6. The molecule has 0 saturated carbocycles. The van der Waals surface area contributed by atoms with Crippen molar-refractivity contribution >= 4 is 52.2 Å². The number of thiocarbonyl (C=S) groups is 1. The van der Waals surface area contributed by atoms with E-state index in [2.05, 4.69) is 0 Å². The SMILES string of the molecule is COc1ccc(/C=C2\SC(=S)N(C(CC(=O)O)C(=O)O)C2=O)cc1OC. The number of carbonyl (C=O) groups is 3. The highest BCUT2D eigenvalue weighted by Gasteiger charge is 2.41. The molecule has 0 aliphatic carbocycles. The first-order valence-corrected chi connectivity index (χ1v) is 8.44. The van der Waals surface area contributed by atoms with Gasteiger partial charge in [0, 0.05) is 0 Å². The quantitative estimate of drug-likeness (QED) is 0.525. The van der Waals surface area contributed by atoms with E-state index in [-0.39, 0.29) is 9.23 Å². The molecule has 1 aliphatic heterocycles. The number of hydrogen-bond donors (Lipinski definition) is 2. The number of ether oxygens (including phenoxy) is 2. The van der Waals surface area contributed by atoms with E-state index in [1.807, 2.05) is 0 Å². The topological polar surface area (TPSA) is 113 Å². The van der Waals surface area contributed by atoms with Crippen molar-refractivity contribution < 1.29 is 34.1 Å². The molecular weight excluding hydrogens is 382 g/mol. The second kappa shape index (κ2) is 8.19. The Kier molecular flexibility index (Phi) is 6.22. The van der Waals surface area contributed by atoms with Gasteiger partial charge in [-0.3, -0.25) is 14.5 Å². The molecule has 1 aliphatic rings. The summed E-state index contributed by atoms with van der Waals surface area (Å²) >= 11 is 5.99. The van der Waals surface area contributed by atoms with Crippen molar-refractivity contribution in [2.24, 2.45) is 0 Å². The van der Waals surface area contributed by atoms with Crippen LogP contribution in [0.2, 0.25) is 0 Å². The number of nitrogens with zero attached hydrogens (tertiary/aromatic N) is 1. The molecule has 1 unspecified atom stereocenters. The Morgan fingerprint density at radius 2 is 1.92 bits per heavy atom. The average molecular weight is 397 g/mol. The maximum absolute atomic E-state index is 12.6. The number of benzene rings is 1. The third-order valence-corrected chi connectivity index (χ3v) is 4.82. The number of rotatable bonds is 7. The molecule has 1 heterocycles. The van der Waals surface area contributed by atoms with Gasteiger partial charge in [0.25, 0.3) is 5.91 Å². The molecule has 2 N–H and O–H groups in total. The normalized spacial score (nSPS) is 16.7. The van der Waals surface area contributed by atoms with Crippen molar-refractivity contribution in [2.45, 2.75) is 12.5 Å². The van der Waals surface area contributed by atoms with Crippen LogP contribution >= 0.6 is 24.0 Å². The molecule has 0 radical (unpaired) electrons. The van der Waals surface area contributed by atoms with Gasteiger partial charge in [-0.2, -0.15) is 0 Å². The van der Waals surface area contributed by atoms with Crippen LogP contribution in [0, 0.1) is 0 Å². The number of thioether (sulfide) groups is 1. The van der Waals surface area contributed by atoms with Crippen LogP contribution in [0.5, 0.6) is 11.5 Å². The molecule has 138 valence electrons. The van der Waals surface area contributed by atoms with E-state index in [4.69, 9.17) is 26.8 Å². The molecule has 8 nitrogen and oxygen atoms in total. The molecule has 1 aromatic rings. The highest BCUT2D eigenvalue weighted by atomic mass is 32.2. The molecular formula is C16H15NO7S2. The van der Waals surface area contributed by atoms with Crippen LogP contribution in [0.1, 0.15) is 12.0 Å². The summed E-state index contributed by atoms with van der Waals surface area (Å²) in [6, 6.07) is 3.45. The number of aliphatic carboxylic acids is 2. The fourth-order valence-corrected chi connectivity index (χ4v) is 3.65. The van der Waals surface area contributed by atoms with Gasteiger partial charge >= 0.3 is 11.9 Å². The van der Waals surface area contributed by atoms with Gasteiger partial charge < -0.3 is 19.7 Å². The van der Waals surface area contributed by atoms with Gasteiger partial charge in [-0.25, -0.2) is 4.79 Å². The van der Waals surface area contributed by atoms with E-state index >= 15 is 0 Å². The number of amides is 1. The molecule has 26 heavy (non-hydrogen) atoms. The summed E-state index contributed by atoms with van der Waals surface area (Å²) < 4.78 is 10.3. The van der Waals surface area contributed by atoms with Crippen LogP contribution in [0.25, 0.3) is 6.08 Å². The summed E-state index contributed by atoms with van der Waals surface area (Å²) in [5.74, 6) is -2.44. The minimum absolute atomic E-state index is 0.00428. The van der Waals surface area contributed by atoms with Crippen LogP contribution in [0.15, 0.2) is 23.1 Å². The standard InChI is InChI=1S/C16H15NO7S2/c1-23-10-4-3-8(5-11(10)24-2)6-12-14(20)17(16(25)26-12)9(15(21)22)7-13(18)19/h3-6,9H,7H2,1-2H3,(H,18,19)(H,21,22)/b12-6-. The highest BCUT2D eigenvalue weighted by Crippen LogP contribution is 2.36. The summed E-state index contributed by atoms with van der Waals surface area (Å²) in [7, 11) is 2.97. The predicted molar refractivity (Wildman–Crippen MR) is 98.2 cm³/mol. The molecule has 0 bridgehead atoms. The van der Waals surface area contributed by atoms with Crippen LogP contribution in [0.3, 0.4) is 0 Å². The van der Waals surface area contributed by atoms with E-state index in [0.29, 0.717) is 17.1 Å². The Bertz CT molecular complexity index is 806. The van der Waals surface area contributed by atoms with Gasteiger partial charge in [0.15, 0.2) is 11.5 Å². The van der Waals surface area contributed by atoms with Gasteiger partial charge in [0.05, 0.1) is 25.5 Å². The lowest BCUT2D eigenvalue weighted by Crippen LogP contribution is -2.45. The Hall–Kier alpha value is -2.59. The third-order valence-electron chi connectivity index (χ3n) is 3.49. The van der Waals surface area contributed by atoms with Gasteiger partial charge in [-0.1, -0.05) is 30.0 Å². The first kappa shape index (κ1) is 19.7. The van der Waals surface area contributed by atoms with E-state index < -0.39 is 30.3 Å². The zero-order valence-corrected chi connectivity index (χ0v) is 15.4. The van der Waals surface area contributed by atoms with Crippen LogP contribution in [0.4, 0.5) is 0 Å².